The molecular formula is C25H24N2O4. The molecule has 6 heteroatoms. The summed E-state index contributed by atoms with van der Waals surface area (Å²) >= 11 is 0. The molecule has 1 saturated heterocycles. The zero-order chi connectivity index (χ0) is 21.8. The lowest BCUT2D eigenvalue weighted by Gasteiger charge is -2.19. The first-order chi connectivity index (χ1) is 15.1. The lowest BCUT2D eigenvalue weighted by Crippen LogP contribution is -2.37. The molecule has 0 aromatic heterocycles. The predicted molar refractivity (Wildman–Crippen MR) is 120 cm³/mol. The van der Waals surface area contributed by atoms with Gasteiger partial charge in [0.25, 0.3) is 5.91 Å². The van der Waals surface area contributed by atoms with Crippen molar-refractivity contribution in [2.45, 2.75) is 12.5 Å². The highest BCUT2D eigenvalue weighted by Crippen LogP contribution is 2.33. The Kier molecular flexibility index (Phi) is 5.89. The number of hydrogen-bond acceptors (Lipinski definition) is 4. The summed E-state index contributed by atoms with van der Waals surface area (Å²) in [5.74, 6) is 0.920. The fraction of sp³-hybridized carbons (Fsp3) is 0.200. The summed E-state index contributed by atoms with van der Waals surface area (Å²) in [5.41, 5.74) is 3.43. The molecule has 0 radical (unpaired) electrons. The molecule has 4 rings (SSSR count). The number of anilines is 1. The molecule has 1 atom stereocenters. The Morgan fingerprint density at radius 3 is 2.26 bits per heavy atom. The number of methoxy groups -OCH3 is 2. The minimum absolute atomic E-state index is 0.0445. The standard InChI is InChI=1S/C25H24N2O4/c1-30-22-13-12-21(15-23(22)31-2)27-16-20(14-24(27)28)26-25(29)19-10-8-18(9-11-19)17-6-4-3-5-7-17/h3-13,15,20H,14,16H2,1-2H3,(H,26,29)/t20-/m1/s1. The molecule has 0 aliphatic carbocycles. The number of carbonyl (C=O) groups excluding carboxylic acids is 2. The number of amides is 2. The second-order valence-corrected chi connectivity index (χ2v) is 7.36. The van der Waals surface area contributed by atoms with Crippen LogP contribution in [-0.4, -0.2) is 38.6 Å². The van der Waals surface area contributed by atoms with Crippen LogP contribution in [0.4, 0.5) is 5.69 Å². The lowest BCUT2D eigenvalue weighted by molar-refractivity contribution is -0.117. The lowest BCUT2D eigenvalue weighted by atomic mass is 10.0. The maximum Gasteiger partial charge on any atom is 0.251 e. The molecule has 3 aromatic rings. The largest absolute Gasteiger partial charge is 0.493 e. The van der Waals surface area contributed by atoms with E-state index in [1.165, 1.54) is 0 Å². The van der Waals surface area contributed by atoms with E-state index in [0.29, 0.717) is 29.3 Å². The van der Waals surface area contributed by atoms with Gasteiger partial charge in [-0.2, -0.15) is 0 Å². The zero-order valence-corrected chi connectivity index (χ0v) is 17.5. The molecule has 31 heavy (non-hydrogen) atoms. The van der Waals surface area contributed by atoms with Crippen LogP contribution in [0.25, 0.3) is 11.1 Å². The molecule has 1 fully saturated rings. The van der Waals surface area contributed by atoms with E-state index in [2.05, 4.69) is 5.32 Å². The molecule has 0 spiro atoms. The van der Waals surface area contributed by atoms with Crippen LogP contribution >= 0.6 is 0 Å². The van der Waals surface area contributed by atoms with Gasteiger partial charge in [-0.3, -0.25) is 9.59 Å². The van der Waals surface area contributed by atoms with Crippen LogP contribution < -0.4 is 19.7 Å². The van der Waals surface area contributed by atoms with Crippen molar-refractivity contribution < 1.29 is 19.1 Å². The summed E-state index contributed by atoms with van der Waals surface area (Å²) in [6.45, 7) is 0.405. The predicted octanol–water partition coefficient (Wildman–Crippen LogP) is 3.91. The summed E-state index contributed by atoms with van der Waals surface area (Å²) in [4.78, 5) is 26.9. The van der Waals surface area contributed by atoms with Crippen LogP contribution in [0.2, 0.25) is 0 Å². The third-order valence-electron chi connectivity index (χ3n) is 5.39. The average Bonchev–Trinajstić information content (AvgIpc) is 3.19. The monoisotopic (exact) mass is 416 g/mol. The van der Waals surface area contributed by atoms with Crippen LogP contribution in [0.1, 0.15) is 16.8 Å². The number of carbonyl (C=O) groups is 2. The van der Waals surface area contributed by atoms with Crippen LogP contribution in [0.5, 0.6) is 11.5 Å². The topological polar surface area (TPSA) is 67.9 Å². The number of rotatable bonds is 6. The van der Waals surface area contributed by atoms with Gasteiger partial charge in [-0.25, -0.2) is 0 Å². The van der Waals surface area contributed by atoms with Gasteiger partial charge in [0.1, 0.15) is 0 Å². The Labute approximate surface area is 181 Å². The molecule has 1 N–H and O–H groups in total. The van der Waals surface area contributed by atoms with E-state index in [1.807, 2.05) is 48.5 Å². The number of nitrogens with one attached hydrogen (secondary N) is 1. The maximum absolute atomic E-state index is 12.7. The number of ether oxygens (including phenoxy) is 2. The molecule has 6 nitrogen and oxygen atoms in total. The molecule has 3 aromatic carbocycles. The van der Waals surface area contributed by atoms with Crippen LogP contribution in [0.15, 0.2) is 72.8 Å². The minimum atomic E-state index is -0.262. The molecule has 1 aliphatic heterocycles. The Morgan fingerprint density at radius 1 is 0.903 bits per heavy atom. The molecule has 2 amide bonds. The van der Waals surface area contributed by atoms with E-state index in [-0.39, 0.29) is 24.3 Å². The van der Waals surface area contributed by atoms with Crippen molar-refractivity contribution >= 4 is 17.5 Å². The van der Waals surface area contributed by atoms with E-state index in [9.17, 15) is 9.59 Å². The molecule has 1 aliphatic rings. The van der Waals surface area contributed by atoms with Gasteiger partial charge in [-0.05, 0) is 35.4 Å². The maximum atomic E-state index is 12.7. The van der Waals surface area contributed by atoms with Gasteiger partial charge in [-0.1, -0.05) is 42.5 Å². The number of nitrogens with zero attached hydrogens (tertiary/aromatic N) is 1. The van der Waals surface area contributed by atoms with Gasteiger partial charge in [0.15, 0.2) is 11.5 Å². The van der Waals surface area contributed by atoms with Crippen molar-refractivity contribution in [2.75, 3.05) is 25.7 Å². The van der Waals surface area contributed by atoms with Crippen molar-refractivity contribution in [1.29, 1.82) is 0 Å². The van der Waals surface area contributed by atoms with Gasteiger partial charge in [0.05, 0.1) is 20.3 Å². The number of benzene rings is 3. The Morgan fingerprint density at radius 2 is 1.58 bits per heavy atom. The zero-order valence-electron chi connectivity index (χ0n) is 17.5. The second-order valence-electron chi connectivity index (χ2n) is 7.36. The average molecular weight is 416 g/mol. The van der Waals surface area contributed by atoms with Gasteiger partial charge in [-0.15, -0.1) is 0 Å². The Bertz CT molecular complexity index is 1080. The highest BCUT2D eigenvalue weighted by Gasteiger charge is 2.32. The van der Waals surface area contributed by atoms with Crippen molar-refractivity contribution in [2.24, 2.45) is 0 Å². The van der Waals surface area contributed by atoms with E-state index < -0.39 is 0 Å². The third-order valence-corrected chi connectivity index (χ3v) is 5.39. The van der Waals surface area contributed by atoms with E-state index in [1.54, 1.807) is 43.4 Å². The highest BCUT2D eigenvalue weighted by atomic mass is 16.5. The molecule has 158 valence electrons. The summed E-state index contributed by atoms with van der Waals surface area (Å²) in [6.07, 6.45) is 0.252. The fourth-order valence-corrected chi connectivity index (χ4v) is 3.76. The quantitative estimate of drug-likeness (QED) is 0.662. The van der Waals surface area contributed by atoms with Crippen LogP contribution in [-0.2, 0) is 4.79 Å². The summed E-state index contributed by atoms with van der Waals surface area (Å²) in [5, 5.41) is 2.98. The van der Waals surface area contributed by atoms with E-state index in [0.717, 1.165) is 11.1 Å². The van der Waals surface area contributed by atoms with Crippen molar-refractivity contribution in [1.82, 2.24) is 5.32 Å². The first-order valence-corrected chi connectivity index (χ1v) is 10.1. The Hall–Kier alpha value is -3.80. The van der Waals surface area contributed by atoms with Gasteiger partial charge in [0, 0.05) is 30.3 Å². The van der Waals surface area contributed by atoms with Gasteiger partial charge < -0.3 is 19.7 Å². The van der Waals surface area contributed by atoms with Crippen molar-refractivity contribution in [3.63, 3.8) is 0 Å². The molecule has 1 heterocycles. The van der Waals surface area contributed by atoms with Crippen LogP contribution in [0.3, 0.4) is 0 Å². The van der Waals surface area contributed by atoms with Gasteiger partial charge in [0.2, 0.25) is 5.91 Å². The summed E-state index contributed by atoms with van der Waals surface area (Å²) in [7, 11) is 3.12. The number of hydrogen-bond donors (Lipinski definition) is 1. The molecular weight excluding hydrogens is 392 g/mol. The first kappa shape index (κ1) is 20.5. The minimum Gasteiger partial charge on any atom is -0.493 e. The normalized spacial score (nSPS) is 15.6. The molecule has 0 saturated carbocycles. The van der Waals surface area contributed by atoms with Crippen molar-refractivity contribution in [3.8, 4) is 22.6 Å². The summed E-state index contributed by atoms with van der Waals surface area (Å²) in [6, 6.07) is 22.6. The Balaban J connectivity index is 1.42. The van der Waals surface area contributed by atoms with Gasteiger partial charge >= 0.3 is 0 Å². The molecule has 0 bridgehead atoms. The third kappa shape index (κ3) is 4.38. The SMILES string of the molecule is COc1ccc(N2C[C@H](NC(=O)c3ccc(-c4ccccc4)cc3)CC2=O)cc1OC. The summed E-state index contributed by atoms with van der Waals surface area (Å²) < 4.78 is 10.6. The van der Waals surface area contributed by atoms with E-state index in [4.69, 9.17) is 9.47 Å². The van der Waals surface area contributed by atoms with Crippen LogP contribution in [0, 0.1) is 0 Å². The fourth-order valence-electron chi connectivity index (χ4n) is 3.76. The second kappa shape index (κ2) is 8.92. The van der Waals surface area contributed by atoms with Crippen molar-refractivity contribution in [3.05, 3.63) is 78.4 Å². The highest BCUT2D eigenvalue weighted by molar-refractivity contribution is 5.99. The van der Waals surface area contributed by atoms with E-state index >= 15 is 0 Å². The molecule has 0 unspecified atom stereocenters. The first-order valence-electron chi connectivity index (χ1n) is 10.1. The smallest absolute Gasteiger partial charge is 0.251 e.